The van der Waals surface area contributed by atoms with E-state index in [0.717, 1.165) is 0 Å². The zero-order chi connectivity index (χ0) is 6.57. The van der Waals surface area contributed by atoms with Crippen LogP contribution in [0, 0.1) is 0 Å². The van der Waals surface area contributed by atoms with Crippen molar-refractivity contribution in [1.29, 1.82) is 0 Å². The maximum absolute atomic E-state index is 9.64. The number of hydrogen-bond acceptors (Lipinski definition) is 4. The topological polar surface area (TPSA) is 135 Å². The standard InChI is InChI=1S/C4H6O4.Ca.2H2O/c5-3(6)1-2-4(7)8;;;/h1-2H2,(H,5,6)(H,7,8);;2*1H2/q;+2;;/p-2. The van der Waals surface area contributed by atoms with E-state index in [9.17, 15) is 9.59 Å². The van der Waals surface area contributed by atoms with Crippen LogP contribution < -0.4 is 0 Å². The molecule has 0 saturated carbocycles. The second-order valence-electron chi connectivity index (χ2n) is 1.29. The fraction of sp³-hybridized carbons (Fsp3) is 0.500. The predicted octanol–water partition coefficient (Wildman–Crippen LogP) is -0.799. The van der Waals surface area contributed by atoms with Crippen molar-refractivity contribution in [3.8, 4) is 0 Å². The minimum Gasteiger partial charge on any atom is -0.870 e. The molecule has 0 aliphatic carbocycles. The van der Waals surface area contributed by atoms with E-state index in [0.29, 0.717) is 0 Å². The third kappa shape index (κ3) is 25.5. The molecule has 0 fully saturated rings. The maximum atomic E-state index is 9.64. The number of aliphatic carboxylic acids is 2. The van der Waals surface area contributed by atoms with Crippen LogP contribution in [0.1, 0.15) is 12.8 Å². The van der Waals surface area contributed by atoms with Gasteiger partial charge in [-0.3, -0.25) is 9.59 Å². The summed E-state index contributed by atoms with van der Waals surface area (Å²) in [5.74, 6) is -2.15. The van der Waals surface area contributed by atoms with Crippen molar-refractivity contribution in [2.45, 2.75) is 12.8 Å². The van der Waals surface area contributed by atoms with E-state index in [2.05, 4.69) is 0 Å². The number of carboxylic acid groups (broad SMARTS) is 2. The van der Waals surface area contributed by atoms with Gasteiger partial charge in [-0.15, -0.1) is 0 Å². The fourth-order valence-corrected chi connectivity index (χ4v) is 0.214. The Morgan fingerprint density at radius 3 is 1.18 bits per heavy atom. The van der Waals surface area contributed by atoms with E-state index in [1.165, 1.54) is 0 Å². The van der Waals surface area contributed by atoms with E-state index in [-0.39, 0.29) is 61.5 Å². The zero-order valence-electron chi connectivity index (χ0n) is 5.73. The van der Waals surface area contributed by atoms with E-state index < -0.39 is 11.9 Å². The van der Waals surface area contributed by atoms with Gasteiger partial charge in [0.15, 0.2) is 0 Å². The molecule has 0 atom stereocenters. The first kappa shape index (κ1) is 22.5. The molecule has 0 heterocycles. The first-order chi connectivity index (χ1) is 3.63. The quantitative estimate of drug-likeness (QED) is 0.562. The molecule has 0 aromatic rings. The van der Waals surface area contributed by atoms with Crippen LogP contribution in [-0.4, -0.2) is 70.8 Å². The molecule has 0 aliphatic rings. The molecule has 0 aliphatic heterocycles. The third-order valence-electron chi connectivity index (χ3n) is 0.553. The SMILES string of the molecule is O=C(O)CCC(=O)O.[Ca+2].[OH-].[OH-]. The van der Waals surface area contributed by atoms with Gasteiger partial charge in [0, 0.05) is 0 Å². The summed E-state index contributed by atoms with van der Waals surface area (Å²) >= 11 is 0. The Bertz CT molecular complexity index is 99.1. The van der Waals surface area contributed by atoms with Crippen LogP contribution in [0.25, 0.3) is 0 Å². The van der Waals surface area contributed by atoms with Crippen molar-refractivity contribution in [3.05, 3.63) is 0 Å². The second-order valence-corrected chi connectivity index (χ2v) is 1.29. The number of hydrogen-bond donors (Lipinski definition) is 2. The maximum Gasteiger partial charge on any atom is 2.00 e. The summed E-state index contributed by atoms with van der Waals surface area (Å²) in [6.45, 7) is 0. The van der Waals surface area contributed by atoms with E-state index in [1.54, 1.807) is 0 Å². The van der Waals surface area contributed by atoms with Crippen molar-refractivity contribution < 1.29 is 30.8 Å². The van der Waals surface area contributed by atoms with Crippen LogP contribution >= 0.6 is 0 Å². The molecule has 0 unspecified atom stereocenters. The molecule has 0 aromatic carbocycles. The molecule has 0 radical (unpaired) electrons. The van der Waals surface area contributed by atoms with Crippen LogP contribution in [0.3, 0.4) is 0 Å². The normalized spacial score (nSPS) is 6.18. The summed E-state index contributed by atoms with van der Waals surface area (Å²) in [6.07, 6.45) is -0.593. The summed E-state index contributed by atoms with van der Waals surface area (Å²) in [4.78, 5) is 19.3. The first-order valence-corrected chi connectivity index (χ1v) is 2.06. The van der Waals surface area contributed by atoms with Gasteiger partial charge in [-0.1, -0.05) is 0 Å². The smallest absolute Gasteiger partial charge is 0.870 e. The summed E-state index contributed by atoms with van der Waals surface area (Å²) in [5, 5.41) is 15.8. The van der Waals surface area contributed by atoms with Crippen LogP contribution in [0.15, 0.2) is 0 Å². The van der Waals surface area contributed by atoms with Crippen LogP contribution in [0.4, 0.5) is 0 Å². The molecule has 11 heavy (non-hydrogen) atoms. The number of rotatable bonds is 3. The van der Waals surface area contributed by atoms with Gasteiger partial charge in [0.1, 0.15) is 0 Å². The molecule has 6 nitrogen and oxygen atoms in total. The largest absolute Gasteiger partial charge is 2.00 e. The molecule has 0 aromatic heterocycles. The molecule has 0 saturated heterocycles. The van der Waals surface area contributed by atoms with Gasteiger partial charge in [0.2, 0.25) is 0 Å². The van der Waals surface area contributed by atoms with Crippen molar-refractivity contribution >= 4 is 49.7 Å². The molecule has 62 valence electrons. The summed E-state index contributed by atoms with van der Waals surface area (Å²) in [6, 6.07) is 0. The Kier molecular flexibility index (Phi) is 26.1. The van der Waals surface area contributed by atoms with Gasteiger partial charge >= 0.3 is 49.7 Å². The van der Waals surface area contributed by atoms with Gasteiger partial charge in [0.05, 0.1) is 12.8 Å². The summed E-state index contributed by atoms with van der Waals surface area (Å²) in [7, 11) is 0. The average Bonchev–Trinajstić information content (AvgIpc) is 1.61. The molecule has 0 spiro atoms. The van der Waals surface area contributed by atoms with Gasteiger partial charge < -0.3 is 21.2 Å². The Labute approximate surface area is 92.8 Å². The first-order valence-electron chi connectivity index (χ1n) is 2.06. The van der Waals surface area contributed by atoms with Crippen molar-refractivity contribution in [1.82, 2.24) is 0 Å². The molecule has 0 bridgehead atoms. The minimum absolute atomic E-state index is 0. The Hall–Kier alpha value is 0.120. The zero-order valence-corrected chi connectivity index (χ0v) is 7.94. The predicted molar refractivity (Wildman–Crippen MR) is 34.1 cm³/mol. The monoisotopic (exact) mass is 192 g/mol. The van der Waals surface area contributed by atoms with Gasteiger partial charge in [-0.2, -0.15) is 0 Å². The summed E-state index contributed by atoms with van der Waals surface area (Å²) < 4.78 is 0. The van der Waals surface area contributed by atoms with Crippen molar-refractivity contribution in [3.63, 3.8) is 0 Å². The average molecular weight is 192 g/mol. The van der Waals surface area contributed by atoms with Crippen LogP contribution in [-0.2, 0) is 9.59 Å². The number of carbonyl (C=O) groups is 2. The third-order valence-corrected chi connectivity index (χ3v) is 0.553. The fourth-order valence-electron chi connectivity index (χ4n) is 0.214. The Balaban J connectivity index is -0.0000000817. The van der Waals surface area contributed by atoms with Gasteiger partial charge in [-0.05, 0) is 0 Å². The molecular formula is C4H8CaO6. The van der Waals surface area contributed by atoms with E-state index >= 15 is 0 Å². The van der Waals surface area contributed by atoms with Crippen LogP contribution in [0.5, 0.6) is 0 Å². The molecule has 7 heteroatoms. The van der Waals surface area contributed by atoms with Crippen molar-refractivity contribution in [2.75, 3.05) is 0 Å². The van der Waals surface area contributed by atoms with Crippen molar-refractivity contribution in [2.24, 2.45) is 0 Å². The minimum atomic E-state index is -1.08. The Morgan fingerprint density at radius 1 is 0.909 bits per heavy atom. The second kappa shape index (κ2) is 12.8. The van der Waals surface area contributed by atoms with Gasteiger partial charge in [-0.25, -0.2) is 0 Å². The molecule has 4 N–H and O–H groups in total. The van der Waals surface area contributed by atoms with Gasteiger partial charge in [0.25, 0.3) is 0 Å². The molecule has 0 amide bonds. The van der Waals surface area contributed by atoms with Crippen LogP contribution in [0.2, 0.25) is 0 Å². The van der Waals surface area contributed by atoms with E-state index in [4.69, 9.17) is 10.2 Å². The van der Waals surface area contributed by atoms with E-state index in [1.807, 2.05) is 0 Å². The summed E-state index contributed by atoms with van der Waals surface area (Å²) in [5.41, 5.74) is 0. The molecule has 0 rings (SSSR count). The Morgan fingerprint density at radius 2 is 1.09 bits per heavy atom. The molecular weight excluding hydrogens is 184 g/mol. The number of carboxylic acids is 2.